The molecule has 5 saturated heterocycles. The summed E-state index contributed by atoms with van der Waals surface area (Å²) in [6.45, 7) is 0.0137. The fraction of sp³-hybridized carbons (Fsp3) is 0.941. The van der Waals surface area contributed by atoms with Crippen molar-refractivity contribution in [3.63, 3.8) is 0 Å². The van der Waals surface area contributed by atoms with Crippen LogP contribution in [0.2, 0.25) is 0 Å². The third-order valence-corrected chi connectivity index (χ3v) is 11.1. The first kappa shape index (κ1) is 50.0. The number of nitrogens with one attached hydrogen (secondary N) is 2. The van der Waals surface area contributed by atoms with Crippen molar-refractivity contribution in [3.8, 4) is 0 Å². The van der Waals surface area contributed by atoms with Crippen LogP contribution in [0.4, 0.5) is 0 Å². The number of amides is 2. The predicted octanol–water partition coefficient (Wildman–Crippen LogP) is -10.6. The quantitative estimate of drug-likeness (QED) is 0.0770. The number of ether oxygens (including phenoxy) is 9. The smallest absolute Gasteiger partial charge is 0.217 e. The highest BCUT2D eigenvalue weighted by atomic mass is 16.8. The van der Waals surface area contributed by atoms with Gasteiger partial charge in [-0.3, -0.25) is 9.59 Å². The molecule has 27 nitrogen and oxygen atoms in total. The first-order valence-corrected chi connectivity index (χ1v) is 19.4. The molecule has 0 aromatic carbocycles. The summed E-state index contributed by atoms with van der Waals surface area (Å²) in [4.78, 5) is 24.3. The fourth-order valence-electron chi connectivity index (χ4n) is 7.65. The van der Waals surface area contributed by atoms with E-state index in [-0.39, 0.29) is 0 Å². The Morgan fingerprint density at radius 3 is 1.48 bits per heavy atom. The maximum atomic E-state index is 12.4. The minimum absolute atomic E-state index is 0.678. The van der Waals surface area contributed by atoms with E-state index in [0.717, 1.165) is 13.8 Å². The van der Waals surface area contributed by atoms with Crippen LogP contribution < -0.4 is 10.6 Å². The third kappa shape index (κ3) is 10.9. The maximum Gasteiger partial charge on any atom is 0.217 e. The molecule has 61 heavy (non-hydrogen) atoms. The topological polar surface area (TPSA) is 424 Å². The molecule has 5 aliphatic rings. The number of rotatable bonds is 14. The Hall–Kier alpha value is -1.98. The summed E-state index contributed by atoms with van der Waals surface area (Å²) in [6, 6.07) is -3.12. The molecule has 25 atom stereocenters. The van der Waals surface area contributed by atoms with E-state index in [9.17, 15) is 81.1 Å². The first-order valence-electron chi connectivity index (χ1n) is 19.4. The molecule has 0 unspecified atom stereocenters. The number of aliphatic hydroxyl groups is 14. The Kier molecular flexibility index (Phi) is 17.5. The molecule has 354 valence electrons. The predicted molar refractivity (Wildman–Crippen MR) is 188 cm³/mol. The van der Waals surface area contributed by atoms with Crippen molar-refractivity contribution in [2.24, 2.45) is 0 Å². The maximum absolute atomic E-state index is 12.4. The second-order valence-electron chi connectivity index (χ2n) is 15.4. The minimum atomic E-state index is -2.07. The lowest BCUT2D eigenvalue weighted by molar-refractivity contribution is -0.401. The zero-order chi connectivity index (χ0) is 45.2. The SMILES string of the molecule is CC(=O)N[C@@H]1[C@@H](O[C@@H]2O[C@H](CO)[C@H](O)[C@H](O[C@H]3O[C@H](CO)[C@H](O)[C@H](O)[C@H]3O)[C@H]2O[C@@H]2O[C@@H](C)[C@@H](O)[C@@H](O)[C@@H]2O)[C@@H](O)[C@@H](CO[C@@H]2O[C@H](CO)[C@@H](O)[C@H](O)[C@H]2NC(C)=O)O[C@H]1O. The monoisotopic (exact) mass is 894 g/mol. The van der Waals surface area contributed by atoms with E-state index in [0.29, 0.717) is 0 Å². The highest BCUT2D eigenvalue weighted by Gasteiger charge is 2.57. The fourth-order valence-corrected chi connectivity index (χ4v) is 7.65. The van der Waals surface area contributed by atoms with Crippen LogP contribution in [0.3, 0.4) is 0 Å². The summed E-state index contributed by atoms with van der Waals surface area (Å²) in [5.74, 6) is -1.47. The van der Waals surface area contributed by atoms with Crippen molar-refractivity contribution in [1.82, 2.24) is 10.6 Å². The van der Waals surface area contributed by atoms with Crippen molar-refractivity contribution in [2.75, 3.05) is 26.4 Å². The second-order valence-corrected chi connectivity index (χ2v) is 15.4. The summed E-state index contributed by atoms with van der Waals surface area (Å²) in [6.07, 6.45) is -41.7. The van der Waals surface area contributed by atoms with Crippen molar-refractivity contribution < 1.29 is 124 Å². The van der Waals surface area contributed by atoms with Gasteiger partial charge in [-0.15, -0.1) is 0 Å². The van der Waals surface area contributed by atoms with E-state index in [1.54, 1.807) is 0 Å². The Bertz CT molecular complexity index is 1420. The molecule has 5 aliphatic heterocycles. The Morgan fingerprint density at radius 1 is 0.459 bits per heavy atom. The van der Waals surface area contributed by atoms with E-state index in [4.69, 9.17) is 42.6 Å². The normalized spacial score (nSPS) is 49.6. The van der Waals surface area contributed by atoms with Gasteiger partial charge in [0.05, 0.1) is 32.5 Å². The molecule has 0 saturated carbocycles. The van der Waals surface area contributed by atoms with E-state index in [1.165, 1.54) is 6.92 Å². The summed E-state index contributed by atoms with van der Waals surface area (Å²) >= 11 is 0. The molecular weight excluding hydrogens is 836 g/mol. The molecule has 5 fully saturated rings. The summed E-state index contributed by atoms with van der Waals surface area (Å²) in [7, 11) is 0. The molecule has 16 N–H and O–H groups in total. The van der Waals surface area contributed by atoms with Gasteiger partial charge in [0.2, 0.25) is 11.8 Å². The van der Waals surface area contributed by atoms with Crippen molar-refractivity contribution >= 4 is 11.8 Å². The lowest BCUT2D eigenvalue weighted by Gasteiger charge is -2.51. The van der Waals surface area contributed by atoms with Gasteiger partial charge in [0.1, 0.15) is 116 Å². The van der Waals surface area contributed by atoms with Crippen LogP contribution >= 0.6 is 0 Å². The lowest BCUT2D eigenvalue weighted by Crippen LogP contribution is -2.70. The average molecular weight is 895 g/mol. The number of carbonyl (C=O) groups excluding carboxylic acids is 2. The molecule has 5 rings (SSSR count). The van der Waals surface area contributed by atoms with Gasteiger partial charge in [0.25, 0.3) is 0 Å². The number of hydrogen-bond acceptors (Lipinski definition) is 25. The lowest BCUT2D eigenvalue weighted by atomic mass is 9.94. The molecule has 2 amide bonds. The van der Waals surface area contributed by atoms with E-state index in [1.807, 2.05) is 0 Å². The van der Waals surface area contributed by atoms with Gasteiger partial charge in [0, 0.05) is 13.8 Å². The Morgan fingerprint density at radius 2 is 0.902 bits per heavy atom. The Labute approximate surface area is 346 Å². The molecule has 0 bridgehead atoms. The Balaban J connectivity index is 1.48. The minimum Gasteiger partial charge on any atom is -0.394 e. The van der Waals surface area contributed by atoms with Gasteiger partial charge in [0.15, 0.2) is 31.5 Å². The van der Waals surface area contributed by atoms with Crippen LogP contribution in [-0.2, 0) is 52.2 Å². The largest absolute Gasteiger partial charge is 0.394 e. The summed E-state index contributed by atoms with van der Waals surface area (Å²) in [5, 5.41) is 153. The number of carbonyl (C=O) groups is 2. The molecule has 0 aliphatic carbocycles. The van der Waals surface area contributed by atoms with Crippen LogP contribution in [-0.4, -0.2) is 263 Å². The van der Waals surface area contributed by atoms with Gasteiger partial charge in [-0.25, -0.2) is 0 Å². The van der Waals surface area contributed by atoms with Crippen LogP contribution in [0.5, 0.6) is 0 Å². The highest BCUT2D eigenvalue weighted by molar-refractivity contribution is 5.73. The standard InChI is InChI=1S/C34H58N2O25/c1-8-17(42)23(48)25(50)32(54-8)61-29-28(60-33-26(51)24(49)19(44)12(5-38)57-33)20(45)13(6-39)58-34(29)59-27-16(36-10(3)41)30(52)55-14(21(27)46)7-53-31-15(35-9(2)40)22(47)18(43)11(4-37)56-31/h8,11-34,37-39,42-52H,4-7H2,1-3H3,(H,35,40)(H,36,41)/t8-,11+,12+,13+,14+,15+,16+,17+,18+,19-,20-,21-,22+,23+,24-,25-,26+,27+,28-,29+,30+,31+,32-,33+,34-/m0/s1. The van der Waals surface area contributed by atoms with Gasteiger partial charge >= 0.3 is 0 Å². The average Bonchev–Trinajstić information content (AvgIpc) is 3.21. The van der Waals surface area contributed by atoms with E-state index >= 15 is 0 Å². The molecule has 0 aromatic heterocycles. The molecular formula is C34H58N2O25. The van der Waals surface area contributed by atoms with Crippen molar-refractivity contribution in [1.29, 1.82) is 0 Å². The molecule has 27 heteroatoms. The van der Waals surface area contributed by atoms with Gasteiger partial charge in [-0.1, -0.05) is 0 Å². The van der Waals surface area contributed by atoms with Crippen molar-refractivity contribution in [2.45, 2.75) is 174 Å². The highest BCUT2D eigenvalue weighted by Crippen LogP contribution is 2.36. The molecule has 5 heterocycles. The zero-order valence-corrected chi connectivity index (χ0v) is 33.0. The zero-order valence-electron chi connectivity index (χ0n) is 33.0. The molecule has 0 spiro atoms. The van der Waals surface area contributed by atoms with Crippen LogP contribution in [0, 0.1) is 0 Å². The molecule has 0 radical (unpaired) electrons. The van der Waals surface area contributed by atoms with Crippen molar-refractivity contribution in [3.05, 3.63) is 0 Å². The first-order chi connectivity index (χ1) is 28.7. The second kappa shape index (κ2) is 21.3. The van der Waals surface area contributed by atoms with Crippen LogP contribution in [0.25, 0.3) is 0 Å². The number of hydrogen-bond donors (Lipinski definition) is 16. The van der Waals surface area contributed by atoms with Crippen LogP contribution in [0.15, 0.2) is 0 Å². The number of aliphatic hydroxyl groups excluding tert-OH is 14. The third-order valence-electron chi connectivity index (χ3n) is 11.1. The van der Waals surface area contributed by atoms with Gasteiger partial charge < -0.3 is 125 Å². The molecule has 0 aromatic rings. The van der Waals surface area contributed by atoms with Gasteiger partial charge in [-0.05, 0) is 6.92 Å². The van der Waals surface area contributed by atoms with Gasteiger partial charge in [-0.2, -0.15) is 0 Å². The van der Waals surface area contributed by atoms with E-state index < -0.39 is 192 Å². The summed E-state index contributed by atoms with van der Waals surface area (Å²) in [5.41, 5.74) is 0. The summed E-state index contributed by atoms with van der Waals surface area (Å²) < 4.78 is 51.8. The van der Waals surface area contributed by atoms with E-state index in [2.05, 4.69) is 10.6 Å². The van der Waals surface area contributed by atoms with Crippen LogP contribution in [0.1, 0.15) is 20.8 Å².